The molecule has 0 fully saturated rings. The highest BCUT2D eigenvalue weighted by molar-refractivity contribution is 5.59. The molecule has 1 heterocycles. The van der Waals surface area contributed by atoms with Crippen LogP contribution in [0.25, 0.3) is 0 Å². The Morgan fingerprint density at radius 3 is 2.39 bits per heavy atom. The molecule has 0 atom stereocenters. The van der Waals surface area contributed by atoms with Crippen molar-refractivity contribution in [2.45, 2.75) is 13.1 Å². The zero-order valence-corrected chi connectivity index (χ0v) is 16.3. The van der Waals surface area contributed by atoms with E-state index in [0.29, 0.717) is 12.4 Å². The molecule has 0 aliphatic carbocycles. The molecular weight excluding hydrogens is 354 g/mol. The van der Waals surface area contributed by atoms with E-state index < -0.39 is 0 Å². The van der Waals surface area contributed by atoms with Crippen LogP contribution < -0.4 is 20.5 Å². The Kier molecular flexibility index (Phi) is 6.29. The van der Waals surface area contributed by atoms with Crippen LogP contribution in [-0.4, -0.2) is 36.1 Å². The van der Waals surface area contributed by atoms with Crippen LogP contribution in [-0.2, 0) is 13.1 Å². The third-order valence-corrected chi connectivity index (χ3v) is 4.18. The average Bonchev–Trinajstić information content (AvgIpc) is 2.68. The summed E-state index contributed by atoms with van der Waals surface area (Å²) < 4.78 is 10.5. The number of aromatic nitrogens is 2. The molecule has 7 nitrogen and oxygen atoms in total. The lowest BCUT2D eigenvalue weighted by Crippen LogP contribution is -2.18. The molecule has 0 radical (unpaired) electrons. The molecule has 0 saturated carbocycles. The van der Waals surface area contributed by atoms with Gasteiger partial charge in [-0.1, -0.05) is 18.2 Å². The SMILES string of the molecule is COc1ccc(CN(C)Cc2cc(Nc3cccc(OC)c3)nc(N)n2)cc1. The van der Waals surface area contributed by atoms with Crippen molar-refractivity contribution in [2.75, 3.05) is 32.3 Å². The van der Waals surface area contributed by atoms with E-state index in [1.165, 1.54) is 5.56 Å². The predicted octanol–water partition coefficient (Wildman–Crippen LogP) is 3.45. The average molecular weight is 379 g/mol. The number of nitrogens with zero attached hydrogens (tertiary/aromatic N) is 3. The normalized spacial score (nSPS) is 10.7. The molecule has 146 valence electrons. The second-order valence-electron chi connectivity index (χ2n) is 6.48. The third-order valence-electron chi connectivity index (χ3n) is 4.18. The number of benzene rings is 2. The number of nitrogens with one attached hydrogen (secondary N) is 1. The number of hydrogen-bond acceptors (Lipinski definition) is 7. The highest BCUT2D eigenvalue weighted by Gasteiger charge is 2.08. The Balaban J connectivity index is 1.67. The lowest BCUT2D eigenvalue weighted by molar-refractivity contribution is 0.315. The van der Waals surface area contributed by atoms with Crippen LogP contribution in [0.3, 0.4) is 0 Å². The second-order valence-corrected chi connectivity index (χ2v) is 6.48. The summed E-state index contributed by atoms with van der Waals surface area (Å²) >= 11 is 0. The molecule has 28 heavy (non-hydrogen) atoms. The fraction of sp³-hybridized carbons (Fsp3) is 0.238. The highest BCUT2D eigenvalue weighted by Crippen LogP contribution is 2.21. The van der Waals surface area contributed by atoms with E-state index in [1.807, 2.05) is 49.5 Å². The number of ether oxygens (including phenoxy) is 2. The van der Waals surface area contributed by atoms with Gasteiger partial charge in [-0.2, -0.15) is 4.98 Å². The molecule has 1 aromatic heterocycles. The summed E-state index contributed by atoms with van der Waals surface area (Å²) in [4.78, 5) is 10.8. The van der Waals surface area contributed by atoms with Gasteiger partial charge in [0.25, 0.3) is 0 Å². The van der Waals surface area contributed by atoms with E-state index >= 15 is 0 Å². The van der Waals surface area contributed by atoms with Crippen LogP contribution in [0.4, 0.5) is 17.5 Å². The largest absolute Gasteiger partial charge is 0.497 e. The van der Waals surface area contributed by atoms with E-state index in [2.05, 4.69) is 32.3 Å². The number of hydrogen-bond donors (Lipinski definition) is 2. The Bertz CT molecular complexity index is 915. The van der Waals surface area contributed by atoms with Gasteiger partial charge >= 0.3 is 0 Å². The van der Waals surface area contributed by atoms with Crippen molar-refractivity contribution in [1.29, 1.82) is 0 Å². The quantitative estimate of drug-likeness (QED) is 0.620. The minimum Gasteiger partial charge on any atom is -0.497 e. The summed E-state index contributed by atoms with van der Waals surface area (Å²) in [6.45, 7) is 1.43. The number of nitrogens with two attached hydrogens (primary N) is 1. The van der Waals surface area contributed by atoms with Crippen LogP contribution in [0.2, 0.25) is 0 Å². The number of rotatable bonds is 8. The molecule has 3 aromatic rings. The van der Waals surface area contributed by atoms with Gasteiger partial charge in [0.1, 0.15) is 17.3 Å². The Hall–Kier alpha value is -3.32. The van der Waals surface area contributed by atoms with Gasteiger partial charge in [-0.3, -0.25) is 4.90 Å². The standard InChI is InChI=1S/C21H25N5O2/c1-26(13-15-7-9-18(27-2)10-8-15)14-17-12-20(25-21(22)24-17)23-16-5-4-6-19(11-16)28-3/h4-12H,13-14H2,1-3H3,(H3,22,23,24,25). The van der Waals surface area contributed by atoms with Crippen LogP contribution >= 0.6 is 0 Å². The van der Waals surface area contributed by atoms with Crippen molar-refractivity contribution in [2.24, 2.45) is 0 Å². The first-order valence-electron chi connectivity index (χ1n) is 8.91. The molecule has 0 spiro atoms. The zero-order valence-electron chi connectivity index (χ0n) is 16.3. The Labute approximate surface area is 165 Å². The van der Waals surface area contributed by atoms with Crippen molar-refractivity contribution in [3.8, 4) is 11.5 Å². The number of nitrogen functional groups attached to an aromatic ring is 1. The third kappa shape index (κ3) is 5.34. The van der Waals surface area contributed by atoms with Gasteiger partial charge in [-0.25, -0.2) is 4.98 Å². The van der Waals surface area contributed by atoms with E-state index in [0.717, 1.165) is 29.4 Å². The predicted molar refractivity (Wildman–Crippen MR) is 111 cm³/mol. The van der Waals surface area contributed by atoms with Crippen molar-refractivity contribution in [3.63, 3.8) is 0 Å². The summed E-state index contributed by atoms with van der Waals surface area (Å²) in [5, 5.41) is 3.25. The van der Waals surface area contributed by atoms with Crippen molar-refractivity contribution in [1.82, 2.24) is 14.9 Å². The van der Waals surface area contributed by atoms with Crippen LogP contribution in [0.1, 0.15) is 11.3 Å². The van der Waals surface area contributed by atoms with Crippen LogP contribution in [0, 0.1) is 0 Å². The molecule has 7 heteroatoms. The van der Waals surface area contributed by atoms with Gasteiger partial charge in [0, 0.05) is 30.9 Å². The first-order chi connectivity index (χ1) is 13.6. The van der Waals surface area contributed by atoms with Gasteiger partial charge in [0.2, 0.25) is 5.95 Å². The maximum Gasteiger partial charge on any atom is 0.222 e. The Morgan fingerprint density at radius 2 is 1.68 bits per heavy atom. The van der Waals surface area contributed by atoms with E-state index in [4.69, 9.17) is 15.2 Å². The Morgan fingerprint density at radius 1 is 0.929 bits per heavy atom. The fourth-order valence-corrected chi connectivity index (χ4v) is 2.89. The van der Waals surface area contributed by atoms with Gasteiger partial charge in [0.15, 0.2) is 0 Å². The van der Waals surface area contributed by atoms with Crippen LogP contribution in [0.15, 0.2) is 54.6 Å². The lowest BCUT2D eigenvalue weighted by Gasteiger charge is -2.17. The number of anilines is 3. The molecule has 0 bridgehead atoms. The maximum atomic E-state index is 5.91. The maximum absolute atomic E-state index is 5.91. The first-order valence-corrected chi connectivity index (χ1v) is 8.91. The molecule has 0 aliphatic rings. The fourth-order valence-electron chi connectivity index (χ4n) is 2.89. The smallest absolute Gasteiger partial charge is 0.222 e. The van der Waals surface area contributed by atoms with Gasteiger partial charge in [-0.15, -0.1) is 0 Å². The molecular formula is C21H25N5O2. The summed E-state index contributed by atoms with van der Waals surface area (Å²) in [5.41, 5.74) is 8.82. The van der Waals surface area contributed by atoms with Crippen molar-refractivity contribution < 1.29 is 9.47 Å². The van der Waals surface area contributed by atoms with Gasteiger partial charge < -0.3 is 20.5 Å². The monoisotopic (exact) mass is 379 g/mol. The molecule has 3 N–H and O–H groups in total. The number of methoxy groups -OCH3 is 2. The molecule has 0 amide bonds. The van der Waals surface area contributed by atoms with E-state index in [1.54, 1.807) is 14.2 Å². The lowest BCUT2D eigenvalue weighted by atomic mass is 10.2. The molecule has 0 unspecified atom stereocenters. The summed E-state index contributed by atoms with van der Waals surface area (Å²) in [6, 6.07) is 17.6. The van der Waals surface area contributed by atoms with Crippen molar-refractivity contribution >= 4 is 17.5 Å². The summed E-state index contributed by atoms with van der Waals surface area (Å²) in [7, 11) is 5.34. The topological polar surface area (TPSA) is 85.5 Å². The van der Waals surface area contributed by atoms with E-state index in [9.17, 15) is 0 Å². The summed E-state index contributed by atoms with van der Waals surface area (Å²) in [5.74, 6) is 2.50. The molecule has 0 saturated heterocycles. The first kappa shape index (κ1) is 19.4. The highest BCUT2D eigenvalue weighted by atomic mass is 16.5. The van der Waals surface area contributed by atoms with Crippen LogP contribution in [0.5, 0.6) is 11.5 Å². The minimum absolute atomic E-state index is 0.237. The van der Waals surface area contributed by atoms with E-state index in [-0.39, 0.29) is 5.95 Å². The van der Waals surface area contributed by atoms with Crippen molar-refractivity contribution in [3.05, 3.63) is 65.9 Å². The van der Waals surface area contributed by atoms with Gasteiger partial charge in [0.05, 0.1) is 19.9 Å². The molecule has 3 rings (SSSR count). The minimum atomic E-state index is 0.237. The zero-order chi connectivity index (χ0) is 19.9. The van der Waals surface area contributed by atoms with Gasteiger partial charge in [-0.05, 0) is 36.9 Å². The molecule has 0 aliphatic heterocycles. The molecule has 2 aromatic carbocycles. The summed E-state index contributed by atoms with van der Waals surface area (Å²) in [6.07, 6.45) is 0. The second kappa shape index (κ2) is 9.05.